The summed E-state index contributed by atoms with van der Waals surface area (Å²) >= 11 is 2.10. The first kappa shape index (κ1) is 37.9. The van der Waals surface area contributed by atoms with Crippen molar-refractivity contribution >= 4 is 34.4 Å². The van der Waals surface area contributed by atoms with Crippen LogP contribution in [0.4, 0.5) is 0 Å². The highest BCUT2D eigenvalue weighted by Gasteiger charge is 2.42. The Morgan fingerprint density at radius 2 is 1.85 bits per heavy atom. The lowest BCUT2D eigenvalue weighted by Gasteiger charge is -2.43. The maximum Gasteiger partial charge on any atom is 0.248 e. The largest absolute Gasteiger partial charge is 0.493 e. The van der Waals surface area contributed by atoms with E-state index < -0.39 is 18.2 Å². The van der Waals surface area contributed by atoms with E-state index in [1.54, 1.807) is 23.1 Å². The highest BCUT2D eigenvalue weighted by atomic mass is 127. The van der Waals surface area contributed by atoms with Gasteiger partial charge in [-0.2, -0.15) is 0 Å². The van der Waals surface area contributed by atoms with Gasteiger partial charge >= 0.3 is 0 Å². The summed E-state index contributed by atoms with van der Waals surface area (Å²) in [6, 6.07) is 2.72. The maximum absolute atomic E-state index is 14.3. The Kier molecular flexibility index (Phi) is 14.6. The Balaban J connectivity index is 1.65. The number of halogens is 1. The Morgan fingerprint density at radius 1 is 1.11 bits per heavy atom. The molecule has 1 aromatic rings. The van der Waals surface area contributed by atoms with Crippen LogP contribution in [0.2, 0.25) is 0 Å². The number of nitrogens with one attached hydrogen (secondary N) is 1. The normalized spacial score (nSPS) is 26.9. The van der Waals surface area contributed by atoms with Crippen molar-refractivity contribution in [3.05, 3.63) is 32.9 Å². The van der Waals surface area contributed by atoms with Gasteiger partial charge in [-0.25, -0.2) is 0 Å². The third kappa shape index (κ3) is 10.1. The van der Waals surface area contributed by atoms with E-state index in [0.717, 1.165) is 38.5 Å². The summed E-state index contributed by atoms with van der Waals surface area (Å²) in [5.41, 5.74) is 1.03. The molecule has 0 aromatic heterocycles. The summed E-state index contributed by atoms with van der Waals surface area (Å²) in [5.74, 6) is 1.88. The maximum atomic E-state index is 14.3. The van der Waals surface area contributed by atoms with E-state index in [1.807, 2.05) is 0 Å². The standard InChI is InChI=1S/C36H55IN2O8/c1-22(2)27-11-10-23(3)14-30(27)46-21-33(42)39(19-24-8-6-5-7-9-24)29-17-26(36(44)38-12-13-40)18-31(34(29)43)47-35-28(37)15-25(20-41)16-32(35)45-4/h15-16,18,22-24,27,29-31,34,40-41,43H,5-14,17,19-21H2,1-4H3,(H,38,44). The number of aliphatic hydroxyl groups is 3. The lowest BCUT2D eigenvalue weighted by atomic mass is 9.75. The number of aliphatic hydroxyl groups excluding tert-OH is 3. The number of benzene rings is 1. The van der Waals surface area contributed by atoms with E-state index in [2.05, 4.69) is 48.7 Å². The molecule has 0 spiro atoms. The molecule has 0 aliphatic heterocycles. The molecule has 0 bridgehead atoms. The minimum absolute atomic E-state index is 0.00254. The molecule has 4 N–H and O–H groups in total. The fourth-order valence-corrected chi connectivity index (χ4v) is 8.33. The predicted molar refractivity (Wildman–Crippen MR) is 188 cm³/mol. The fraction of sp³-hybridized carbons (Fsp3) is 0.722. The molecule has 2 saturated carbocycles. The van der Waals surface area contributed by atoms with Crippen LogP contribution in [0, 0.1) is 27.2 Å². The molecule has 6 atom stereocenters. The molecule has 0 saturated heterocycles. The van der Waals surface area contributed by atoms with E-state index in [4.69, 9.17) is 14.2 Å². The molecular formula is C36H55IN2O8. The van der Waals surface area contributed by atoms with Crippen molar-refractivity contribution in [3.63, 3.8) is 0 Å². The molecule has 2 fully saturated rings. The fourth-order valence-electron chi connectivity index (χ4n) is 7.53. The van der Waals surface area contributed by atoms with E-state index in [0.29, 0.717) is 56.4 Å². The smallest absolute Gasteiger partial charge is 0.248 e. The first-order valence-corrected chi connectivity index (χ1v) is 18.5. The van der Waals surface area contributed by atoms with Crippen molar-refractivity contribution in [2.75, 3.05) is 33.4 Å². The van der Waals surface area contributed by atoms with Crippen LogP contribution in [0.25, 0.3) is 0 Å². The lowest BCUT2D eigenvalue weighted by molar-refractivity contribution is -0.149. The number of hydrogen-bond donors (Lipinski definition) is 4. The van der Waals surface area contributed by atoms with Crippen LogP contribution in [0.1, 0.15) is 84.1 Å². The van der Waals surface area contributed by atoms with Gasteiger partial charge in [0.1, 0.15) is 18.8 Å². The Labute approximate surface area is 293 Å². The third-order valence-corrected chi connectivity index (χ3v) is 11.0. The molecule has 1 aromatic carbocycles. The zero-order chi connectivity index (χ0) is 34.1. The summed E-state index contributed by atoms with van der Waals surface area (Å²) in [6.45, 7) is 6.78. The highest BCUT2D eigenvalue weighted by molar-refractivity contribution is 14.1. The molecule has 3 aliphatic carbocycles. The Morgan fingerprint density at radius 3 is 2.51 bits per heavy atom. The minimum atomic E-state index is -1.15. The number of ether oxygens (including phenoxy) is 3. The van der Waals surface area contributed by atoms with Crippen LogP contribution >= 0.6 is 22.6 Å². The first-order valence-electron chi connectivity index (χ1n) is 17.4. The number of carbonyl (C=O) groups is 2. The molecule has 4 rings (SSSR count). The summed E-state index contributed by atoms with van der Waals surface area (Å²) < 4.78 is 19.1. The zero-order valence-corrected chi connectivity index (χ0v) is 30.6. The predicted octanol–water partition coefficient (Wildman–Crippen LogP) is 4.59. The van der Waals surface area contributed by atoms with Crippen LogP contribution in [-0.4, -0.2) is 89.8 Å². The first-order chi connectivity index (χ1) is 22.6. The van der Waals surface area contributed by atoms with Gasteiger partial charge in [0.2, 0.25) is 11.8 Å². The van der Waals surface area contributed by atoms with Crippen LogP contribution in [0.3, 0.4) is 0 Å². The summed E-state index contributed by atoms with van der Waals surface area (Å²) in [5, 5.41) is 33.8. The van der Waals surface area contributed by atoms with Gasteiger partial charge in [-0.15, -0.1) is 0 Å². The quantitative estimate of drug-likeness (QED) is 0.202. The second-order valence-corrected chi connectivity index (χ2v) is 15.2. The SMILES string of the molecule is COc1cc(CO)cc(I)c1OC1C=C(C(=O)NCCO)CC(N(CC2CCCCC2)C(=O)COC2CC(C)CCC2C(C)C)C1O. The second-order valence-electron chi connectivity index (χ2n) is 14.0. The van der Waals surface area contributed by atoms with Gasteiger partial charge < -0.3 is 39.7 Å². The van der Waals surface area contributed by atoms with Gasteiger partial charge in [0.25, 0.3) is 0 Å². The lowest BCUT2D eigenvalue weighted by Crippen LogP contribution is -2.57. The van der Waals surface area contributed by atoms with Crippen molar-refractivity contribution in [3.8, 4) is 11.5 Å². The molecular weight excluding hydrogens is 715 g/mol. The summed E-state index contributed by atoms with van der Waals surface area (Å²) in [4.78, 5) is 29.3. The molecule has 47 heavy (non-hydrogen) atoms. The van der Waals surface area contributed by atoms with Gasteiger partial charge in [-0.05, 0) is 95.7 Å². The van der Waals surface area contributed by atoms with Crippen LogP contribution in [0.5, 0.6) is 11.5 Å². The molecule has 2 amide bonds. The van der Waals surface area contributed by atoms with Gasteiger partial charge in [0.05, 0.1) is 36.0 Å². The van der Waals surface area contributed by atoms with Crippen molar-refractivity contribution in [2.45, 2.75) is 110 Å². The van der Waals surface area contributed by atoms with Crippen molar-refractivity contribution < 1.29 is 39.1 Å². The number of nitrogens with zero attached hydrogens (tertiary/aromatic N) is 1. The summed E-state index contributed by atoms with van der Waals surface area (Å²) in [7, 11) is 1.50. The van der Waals surface area contributed by atoms with Crippen molar-refractivity contribution in [1.82, 2.24) is 10.2 Å². The zero-order valence-electron chi connectivity index (χ0n) is 28.5. The van der Waals surface area contributed by atoms with Crippen molar-refractivity contribution in [1.29, 1.82) is 0 Å². The van der Waals surface area contributed by atoms with Gasteiger partial charge in [0.15, 0.2) is 11.5 Å². The number of rotatable bonds is 14. The number of amides is 2. The molecule has 3 aliphatic rings. The molecule has 6 unspecified atom stereocenters. The minimum Gasteiger partial charge on any atom is -0.493 e. The average Bonchev–Trinajstić information content (AvgIpc) is 3.06. The van der Waals surface area contributed by atoms with E-state index >= 15 is 0 Å². The summed E-state index contributed by atoms with van der Waals surface area (Å²) in [6.07, 6.45) is 8.22. The number of methoxy groups -OCH3 is 1. The molecule has 264 valence electrons. The number of hydrogen-bond acceptors (Lipinski definition) is 8. The van der Waals surface area contributed by atoms with Gasteiger partial charge in [-0.3, -0.25) is 9.59 Å². The Bertz CT molecular complexity index is 1220. The van der Waals surface area contributed by atoms with E-state index in [1.165, 1.54) is 20.0 Å². The monoisotopic (exact) mass is 770 g/mol. The van der Waals surface area contributed by atoms with Gasteiger partial charge in [-0.1, -0.05) is 46.5 Å². The molecule has 10 nitrogen and oxygen atoms in total. The van der Waals surface area contributed by atoms with E-state index in [9.17, 15) is 24.9 Å². The van der Waals surface area contributed by atoms with Gasteiger partial charge in [0, 0.05) is 25.1 Å². The average molecular weight is 771 g/mol. The molecule has 0 heterocycles. The second kappa shape index (κ2) is 18.2. The van der Waals surface area contributed by atoms with Crippen molar-refractivity contribution in [2.24, 2.45) is 23.7 Å². The van der Waals surface area contributed by atoms with Crippen LogP contribution in [0.15, 0.2) is 23.8 Å². The topological polar surface area (TPSA) is 138 Å². The van der Waals surface area contributed by atoms with Crippen LogP contribution < -0.4 is 14.8 Å². The molecule has 11 heteroatoms. The molecule has 0 radical (unpaired) electrons. The highest BCUT2D eigenvalue weighted by Crippen LogP contribution is 2.38. The Hall–Kier alpha value is -1.93. The van der Waals surface area contributed by atoms with E-state index in [-0.39, 0.29) is 50.7 Å². The number of carbonyl (C=O) groups excluding carboxylic acids is 2. The third-order valence-electron chi connectivity index (χ3n) is 10.2. The van der Waals surface area contributed by atoms with Crippen LogP contribution in [-0.2, 0) is 20.9 Å².